The first-order valence-corrected chi connectivity index (χ1v) is 4.70. The third-order valence-electron chi connectivity index (χ3n) is 1.55. The summed E-state index contributed by atoms with van der Waals surface area (Å²) in [6.07, 6.45) is 0. The van der Waals surface area contributed by atoms with Crippen LogP contribution in [-0.4, -0.2) is 11.0 Å². The van der Waals surface area contributed by atoms with Crippen LogP contribution in [0.4, 0.5) is 8.78 Å². The first-order chi connectivity index (χ1) is 7.41. The molecule has 0 saturated heterocycles. The highest BCUT2D eigenvalue weighted by Crippen LogP contribution is 2.18. The van der Waals surface area contributed by atoms with E-state index in [0.717, 1.165) is 0 Å². The van der Waals surface area contributed by atoms with E-state index in [-0.39, 0.29) is 5.11 Å². The number of rotatable bonds is 1. The standard InChI is InChI=1S/C8H6ClF2N3OS/c9-4-2-5(10)3(1-6(4)11)7(15)13-14-8(12)16/h1-2H,(H,13,15)(H3,12,14,16). The largest absolute Gasteiger partial charge is 0.375 e. The lowest BCUT2D eigenvalue weighted by molar-refractivity contribution is 0.0939. The summed E-state index contributed by atoms with van der Waals surface area (Å²) in [6, 6.07) is 1.38. The maximum atomic E-state index is 13.2. The van der Waals surface area contributed by atoms with E-state index in [9.17, 15) is 13.6 Å². The lowest BCUT2D eigenvalue weighted by Crippen LogP contribution is -2.44. The summed E-state index contributed by atoms with van der Waals surface area (Å²) in [5.74, 6) is -2.77. The lowest BCUT2D eigenvalue weighted by atomic mass is 10.2. The molecule has 4 N–H and O–H groups in total. The van der Waals surface area contributed by atoms with Gasteiger partial charge in [0.2, 0.25) is 0 Å². The number of nitrogens with one attached hydrogen (secondary N) is 2. The molecule has 16 heavy (non-hydrogen) atoms. The SMILES string of the molecule is NC(=S)NNC(=O)c1cc(F)c(Cl)cc1F. The molecule has 0 atom stereocenters. The number of halogens is 3. The van der Waals surface area contributed by atoms with Crippen molar-refractivity contribution in [2.75, 3.05) is 0 Å². The minimum Gasteiger partial charge on any atom is -0.375 e. The molecule has 86 valence electrons. The number of benzene rings is 1. The van der Waals surface area contributed by atoms with Gasteiger partial charge in [0, 0.05) is 0 Å². The second kappa shape index (κ2) is 5.04. The van der Waals surface area contributed by atoms with Crippen molar-refractivity contribution in [3.05, 3.63) is 34.4 Å². The van der Waals surface area contributed by atoms with Gasteiger partial charge in [0.05, 0.1) is 10.6 Å². The van der Waals surface area contributed by atoms with Crippen molar-refractivity contribution in [1.29, 1.82) is 0 Å². The molecule has 0 bridgehead atoms. The molecule has 0 aromatic heterocycles. The van der Waals surface area contributed by atoms with Crippen molar-refractivity contribution in [3.8, 4) is 0 Å². The van der Waals surface area contributed by atoms with Crippen molar-refractivity contribution in [3.63, 3.8) is 0 Å². The van der Waals surface area contributed by atoms with Crippen molar-refractivity contribution in [2.24, 2.45) is 5.73 Å². The molecule has 1 rings (SSSR count). The number of nitrogens with two attached hydrogens (primary N) is 1. The van der Waals surface area contributed by atoms with Gasteiger partial charge >= 0.3 is 0 Å². The normalized spacial score (nSPS) is 9.69. The molecule has 1 aromatic rings. The summed E-state index contributed by atoms with van der Waals surface area (Å²) >= 11 is 9.72. The van der Waals surface area contributed by atoms with Crippen LogP contribution in [0.3, 0.4) is 0 Å². The third kappa shape index (κ3) is 3.01. The van der Waals surface area contributed by atoms with E-state index in [2.05, 4.69) is 17.6 Å². The molecule has 0 unspecified atom stereocenters. The van der Waals surface area contributed by atoms with Crippen molar-refractivity contribution < 1.29 is 13.6 Å². The Balaban J connectivity index is 2.91. The molecule has 0 aliphatic carbocycles. The Labute approximate surface area is 99.7 Å². The number of hydrogen-bond acceptors (Lipinski definition) is 2. The van der Waals surface area contributed by atoms with Crippen molar-refractivity contribution >= 4 is 34.8 Å². The Morgan fingerprint density at radius 3 is 2.50 bits per heavy atom. The zero-order valence-corrected chi connectivity index (χ0v) is 9.25. The van der Waals surface area contributed by atoms with Crippen LogP contribution in [0.2, 0.25) is 5.02 Å². The Hall–Kier alpha value is -1.47. The van der Waals surface area contributed by atoms with Gasteiger partial charge < -0.3 is 5.73 Å². The molecule has 0 aliphatic rings. The molecule has 4 nitrogen and oxygen atoms in total. The van der Waals surface area contributed by atoms with E-state index in [1.165, 1.54) is 0 Å². The Morgan fingerprint density at radius 1 is 1.31 bits per heavy atom. The van der Waals surface area contributed by atoms with Crippen LogP contribution in [0.5, 0.6) is 0 Å². The third-order valence-corrected chi connectivity index (χ3v) is 1.95. The smallest absolute Gasteiger partial charge is 0.272 e. The van der Waals surface area contributed by atoms with Crippen LogP contribution in [0, 0.1) is 11.6 Å². The van der Waals surface area contributed by atoms with Gasteiger partial charge in [0.25, 0.3) is 5.91 Å². The van der Waals surface area contributed by atoms with Gasteiger partial charge in [-0.25, -0.2) is 8.78 Å². The van der Waals surface area contributed by atoms with Crippen molar-refractivity contribution in [1.82, 2.24) is 10.9 Å². The molecule has 0 saturated carbocycles. The predicted octanol–water partition coefficient (Wildman–Crippen LogP) is 1.10. The molecule has 0 spiro atoms. The summed E-state index contributed by atoms with van der Waals surface area (Å²) in [5.41, 5.74) is 8.59. The van der Waals surface area contributed by atoms with Gasteiger partial charge in [0.15, 0.2) is 5.11 Å². The summed E-state index contributed by atoms with van der Waals surface area (Å²) < 4.78 is 26.2. The molecule has 8 heteroatoms. The zero-order chi connectivity index (χ0) is 12.3. The van der Waals surface area contributed by atoms with E-state index in [0.29, 0.717) is 12.1 Å². The number of hydrazine groups is 1. The van der Waals surface area contributed by atoms with Gasteiger partial charge in [-0.1, -0.05) is 11.6 Å². The number of carbonyl (C=O) groups is 1. The summed E-state index contributed by atoms with van der Waals surface area (Å²) in [5, 5.41) is -0.612. The predicted molar refractivity (Wildman–Crippen MR) is 58.8 cm³/mol. The fraction of sp³-hybridized carbons (Fsp3) is 0. The van der Waals surface area contributed by atoms with Crippen LogP contribution in [0.1, 0.15) is 10.4 Å². The second-order valence-corrected chi connectivity index (χ2v) is 3.54. The number of carbonyl (C=O) groups excluding carboxylic acids is 1. The molecule has 0 heterocycles. The minimum absolute atomic E-state index is 0.205. The van der Waals surface area contributed by atoms with Crippen LogP contribution in [0.25, 0.3) is 0 Å². The topological polar surface area (TPSA) is 67.2 Å². The summed E-state index contributed by atoms with van der Waals surface area (Å²) in [4.78, 5) is 11.3. The van der Waals surface area contributed by atoms with Crippen LogP contribution < -0.4 is 16.6 Å². The van der Waals surface area contributed by atoms with Crippen molar-refractivity contribution in [2.45, 2.75) is 0 Å². The average molecular weight is 266 g/mol. The molecular weight excluding hydrogens is 260 g/mol. The fourth-order valence-electron chi connectivity index (χ4n) is 0.882. The molecule has 0 fully saturated rings. The van der Waals surface area contributed by atoms with Gasteiger partial charge in [0.1, 0.15) is 11.6 Å². The van der Waals surface area contributed by atoms with Gasteiger partial charge in [-0.05, 0) is 24.4 Å². The maximum Gasteiger partial charge on any atom is 0.272 e. The van der Waals surface area contributed by atoms with Crippen LogP contribution in [0.15, 0.2) is 12.1 Å². The van der Waals surface area contributed by atoms with E-state index < -0.39 is 28.1 Å². The quantitative estimate of drug-likeness (QED) is 0.404. The summed E-state index contributed by atoms with van der Waals surface area (Å²) in [7, 11) is 0. The van der Waals surface area contributed by atoms with E-state index in [1.54, 1.807) is 0 Å². The number of hydrogen-bond donors (Lipinski definition) is 3. The maximum absolute atomic E-state index is 13.2. The highest BCUT2D eigenvalue weighted by Gasteiger charge is 2.15. The molecule has 0 aliphatic heterocycles. The van der Waals surface area contributed by atoms with E-state index in [1.807, 2.05) is 5.43 Å². The molecule has 0 radical (unpaired) electrons. The Kier molecular flexibility index (Phi) is 3.97. The molecule has 1 aromatic carbocycles. The van der Waals surface area contributed by atoms with Crippen LogP contribution in [-0.2, 0) is 0 Å². The van der Waals surface area contributed by atoms with Gasteiger partial charge in [-0.3, -0.25) is 15.6 Å². The highest BCUT2D eigenvalue weighted by molar-refractivity contribution is 7.80. The first kappa shape index (κ1) is 12.6. The number of amides is 1. The average Bonchev–Trinajstić information content (AvgIpc) is 2.20. The van der Waals surface area contributed by atoms with Gasteiger partial charge in [-0.15, -0.1) is 0 Å². The Bertz CT molecular complexity index is 455. The second-order valence-electron chi connectivity index (χ2n) is 2.69. The molecule has 1 amide bonds. The highest BCUT2D eigenvalue weighted by atomic mass is 35.5. The van der Waals surface area contributed by atoms with Gasteiger partial charge in [-0.2, -0.15) is 0 Å². The monoisotopic (exact) mass is 265 g/mol. The van der Waals surface area contributed by atoms with Crippen LogP contribution >= 0.6 is 23.8 Å². The minimum atomic E-state index is -0.950. The fourth-order valence-corrected chi connectivity index (χ4v) is 1.08. The Morgan fingerprint density at radius 2 is 1.94 bits per heavy atom. The summed E-state index contributed by atoms with van der Waals surface area (Å²) in [6.45, 7) is 0. The number of thiocarbonyl (C=S) groups is 1. The first-order valence-electron chi connectivity index (χ1n) is 3.92. The van der Waals surface area contributed by atoms with E-state index in [4.69, 9.17) is 17.3 Å². The lowest BCUT2D eigenvalue weighted by Gasteiger charge is -2.07. The molecular formula is C8H6ClF2N3OS. The zero-order valence-electron chi connectivity index (χ0n) is 7.68. The van der Waals surface area contributed by atoms with E-state index >= 15 is 0 Å².